The summed E-state index contributed by atoms with van der Waals surface area (Å²) in [6, 6.07) is 2.72. The molecule has 0 heterocycles. The van der Waals surface area contributed by atoms with E-state index in [1.54, 1.807) is 0 Å². The summed E-state index contributed by atoms with van der Waals surface area (Å²) in [5.74, 6) is 0.404. The van der Waals surface area contributed by atoms with Gasteiger partial charge in [0.1, 0.15) is 5.82 Å². The second-order valence-electron chi connectivity index (χ2n) is 5.28. The highest BCUT2D eigenvalue weighted by Gasteiger charge is 2.19. The van der Waals surface area contributed by atoms with Crippen LogP contribution in [0.3, 0.4) is 0 Å². The summed E-state index contributed by atoms with van der Waals surface area (Å²) in [5, 5.41) is 13.8. The Hall–Kier alpha value is -0.640. The molecular formula is C15H21ClFNO. The number of benzene rings is 1. The van der Waals surface area contributed by atoms with Crippen molar-refractivity contribution in [3.8, 4) is 0 Å². The second-order valence-corrected chi connectivity index (χ2v) is 5.69. The van der Waals surface area contributed by atoms with Gasteiger partial charge in [0, 0.05) is 17.1 Å². The Kier molecular flexibility index (Phi) is 5.20. The predicted octanol–water partition coefficient (Wildman–Crippen LogP) is 3.46. The Bertz CT molecular complexity index is 434. The highest BCUT2D eigenvalue weighted by atomic mass is 35.5. The van der Waals surface area contributed by atoms with E-state index in [4.69, 9.17) is 11.6 Å². The van der Waals surface area contributed by atoms with Crippen LogP contribution in [0.2, 0.25) is 5.02 Å². The molecule has 1 fully saturated rings. The molecule has 1 unspecified atom stereocenters. The molecule has 106 valence electrons. The molecule has 2 N–H and O–H groups in total. The van der Waals surface area contributed by atoms with Crippen LogP contribution in [0.5, 0.6) is 0 Å². The van der Waals surface area contributed by atoms with E-state index < -0.39 is 6.10 Å². The van der Waals surface area contributed by atoms with Crippen molar-refractivity contribution in [2.45, 2.75) is 38.7 Å². The lowest BCUT2D eigenvalue weighted by Gasteiger charge is -2.26. The van der Waals surface area contributed by atoms with Crippen molar-refractivity contribution in [3.63, 3.8) is 0 Å². The van der Waals surface area contributed by atoms with Crippen LogP contribution in [-0.2, 0) is 6.42 Å². The van der Waals surface area contributed by atoms with Crippen LogP contribution in [0.15, 0.2) is 12.1 Å². The average Bonchev–Trinajstić information content (AvgIpc) is 2.30. The molecule has 0 aromatic heterocycles. The summed E-state index contributed by atoms with van der Waals surface area (Å²) >= 11 is 6.06. The SMILES string of the molecule is CCc1cc(F)cc(Cl)c1C(O)CNCC1CCC1. The van der Waals surface area contributed by atoms with Crippen molar-refractivity contribution in [1.29, 1.82) is 0 Å². The number of nitrogens with one attached hydrogen (secondary N) is 1. The van der Waals surface area contributed by atoms with Gasteiger partial charge in [-0.3, -0.25) is 0 Å². The van der Waals surface area contributed by atoms with Crippen molar-refractivity contribution in [2.24, 2.45) is 5.92 Å². The molecular weight excluding hydrogens is 265 g/mol. The fourth-order valence-electron chi connectivity index (χ4n) is 2.53. The molecule has 1 aliphatic rings. The van der Waals surface area contributed by atoms with Crippen LogP contribution in [0, 0.1) is 11.7 Å². The third kappa shape index (κ3) is 3.68. The lowest BCUT2D eigenvalue weighted by atomic mass is 9.85. The van der Waals surface area contributed by atoms with Crippen molar-refractivity contribution >= 4 is 11.6 Å². The lowest BCUT2D eigenvalue weighted by Crippen LogP contribution is -2.30. The normalized spacial score (nSPS) is 17.3. The van der Waals surface area contributed by atoms with Gasteiger partial charge in [0.05, 0.1) is 6.10 Å². The van der Waals surface area contributed by atoms with E-state index in [2.05, 4.69) is 5.32 Å². The number of aliphatic hydroxyl groups excluding tert-OH is 1. The second kappa shape index (κ2) is 6.69. The zero-order valence-corrected chi connectivity index (χ0v) is 12.0. The van der Waals surface area contributed by atoms with Gasteiger partial charge < -0.3 is 10.4 Å². The molecule has 2 nitrogen and oxygen atoms in total. The van der Waals surface area contributed by atoms with Gasteiger partial charge in [-0.25, -0.2) is 4.39 Å². The predicted molar refractivity (Wildman–Crippen MR) is 76.0 cm³/mol. The van der Waals surface area contributed by atoms with Gasteiger partial charge in [-0.05, 0) is 49.4 Å². The summed E-state index contributed by atoms with van der Waals surface area (Å²) in [4.78, 5) is 0. The molecule has 1 aromatic rings. The zero-order valence-electron chi connectivity index (χ0n) is 11.3. The maximum atomic E-state index is 13.3. The van der Waals surface area contributed by atoms with E-state index in [0.29, 0.717) is 23.6 Å². The first-order valence-corrected chi connectivity index (χ1v) is 7.36. The molecule has 0 aliphatic heterocycles. The molecule has 1 atom stereocenters. The standard InChI is InChI=1S/C15H21ClFNO/c1-2-11-6-12(17)7-13(16)15(11)14(19)9-18-8-10-4-3-5-10/h6-7,10,14,18-19H,2-5,8-9H2,1H3. The summed E-state index contributed by atoms with van der Waals surface area (Å²) < 4.78 is 13.3. The minimum absolute atomic E-state index is 0.315. The Balaban J connectivity index is 1.98. The molecule has 0 bridgehead atoms. The third-order valence-corrected chi connectivity index (χ3v) is 4.20. The molecule has 0 spiro atoms. The van der Waals surface area contributed by atoms with E-state index in [9.17, 15) is 9.50 Å². The van der Waals surface area contributed by atoms with Crippen molar-refractivity contribution in [2.75, 3.05) is 13.1 Å². The fraction of sp³-hybridized carbons (Fsp3) is 0.600. The first-order chi connectivity index (χ1) is 9.11. The first-order valence-electron chi connectivity index (χ1n) is 6.98. The van der Waals surface area contributed by atoms with E-state index in [-0.39, 0.29) is 5.82 Å². The van der Waals surface area contributed by atoms with Crippen molar-refractivity contribution < 1.29 is 9.50 Å². The molecule has 1 saturated carbocycles. The number of aliphatic hydroxyl groups is 1. The molecule has 1 aliphatic carbocycles. The van der Waals surface area contributed by atoms with E-state index in [1.807, 2.05) is 6.92 Å². The molecule has 0 radical (unpaired) electrons. The van der Waals surface area contributed by atoms with Crippen LogP contribution in [0.1, 0.15) is 43.4 Å². The highest BCUT2D eigenvalue weighted by Crippen LogP contribution is 2.29. The minimum Gasteiger partial charge on any atom is -0.387 e. The Morgan fingerprint density at radius 1 is 1.47 bits per heavy atom. The quantitative estimate of drug-likeness (QED) is 0.839. The molecule has 0 amide bonds. The van der Waals surface area contributed by atoms with E-state index in [1.165, 1.54) is 31.4 Å². The number of hydrogen-bond acceptors (Lipinski definition) is 2. The van der Waals surface area contributed by atoms with Crippen LogP contribution in [0.4, 0.5) is 4.39 Å². The van der Waals surface area contributed by atoms with Crippen LogP contribution in [0.25, 0.3) is 0 Å². The molecule has 1 aromatic carbocycles. The maximum Gasteiger partial charge on any atom is 0.124 e. The average molecular weight is 286 g/mol. The summed E-state index contributed by atoms with van der Waals surface area (Å²) in [6.45, 7) is 3.34. The van der Waals surface area contributed by atoms with Crippen molar-refractivity contribution in [3.05, 3.63) is 34.1 Å². The van der Waals surface area contributed by atoms with Crippen molar-refractivity contribution in [1.82, 2.24) is 5.32 Å². The summed E-state index contributed by atoms with van der Waals surface area (Å²) in [6.07, 6.45) is 3.86. The zero-order chi connectivity index (χ0) is 13.8. The highest BCUT2D eigenvalue weighted by molar-refractivity contribution is 6.31. The van der Waals surface area contributed by atoms with Gasteiger partial charge in [-0.15, -0.1) is 0 Å². The Labute approximate surface area is 119 Å². The van der Waals surface area contributed by atoms with Crippen LogP contribution in [-0.4, -0.2) is 18.2 Å². The fourth-order valence-corrected chi connectivity index (χ4v) is 2.88. The number of aryl methyl sites for hydroxylation is 1. The van der Waals surface area contributed by atoms with Gasteiger partial charge in [0.2, 0.25) is 0 Å². The van der Waals surface area contributed by atoms with E-state index >= 15 is 0 Å². The molecule has 19 heavy (non-hydrogen) atoms. The smallest absolute Gasteiger partial charge is 0.124 e. The minimum atomic E-state index is -0.678. The molecule has 0 saturated heterocycles. The van der Waals surface area contributed by atoms with Gasteiger partial charge >= 0.3 is 0 Å². The summed E-state index contributed by atoms with van der Waals surface area (Å²) in [5.41, 5.74) is 1.44. The van der Waals surface area contributed by atoms with Gasteiger partial charge in [-0.1, -0.05) is 24.9 Å². The maximum absolute atomic E-state index is 13.3. The molecule has 4 heteroatoms. The van der Waals surface area contributed by atoms with Gasteiger partial charge in [0.25, 0.3) is 0 Å². The first kappa shape index (κ1) is 14.8. The lowest BCUT2D eigenvalue weighted by molar-refractivity contribution is 0.167. The van der Waals surface area contributed by atoms with Crippen LogP contribution < -0.4 is 5.32 Å². The van der Waals surface area contributed by atoms with Gasteiger partial charge in [0.15, 0.2) is 0 Å². The largest absolute Gasteiger partial charge is 0.387 e. The Morgan fingerprint density at radius 2 is 2.21 bits per heavy atom. The Morgan fingerprint density at radius 3 is 2.79 bits per heavy atom. The number of rotatable bonds is 6. The van der Waals surface area contributed by atoms with Gasteiger partial charge in [-0.2, -0.15) is 0 Å². The number of halogens is 2. The third-order valence-electron chi connectivity index (χ3n) is 3.89. The summed E-state index contributed by atoms with van der Waals surface area (Å²) in [7, 11) is 0. The van der Waals surface area contributed by atoms with Crippen LogP contribution >= 0.6 is 11.6 Å². The van der Waals surface area contributed by atoms with E-state index in [0.717, 1.165) is 18.0 Å². The monoisotopic (exact) mass is 285 g/mol. The number of hydrogen-bond donors (Lipinski definition) is 2. The molecule has 2 rings (SSSR count). The topological polar surface area (TPSA) is 32.3 Å².